The van der Waals surface area contributed by atoms with Gasteiger partial charge in [0, 0.05) is 5.69 Å². The van der Waals surface area contributed by atoms with E-state index in [1.165, 1.54) is 11.8 Å². The van der Waals surface area contributed by atoms with E-state index in [0.29, 0.717) is 11.4 Å². The number of nitrogens with one attached hydrogen (secondary N) is 2. The van der Waals surface area contributed by atoms with Crippen molar-refractivity contribution in [3.05, 3.63) is 54.1 Å². The van der Waals surface area contributed by atoms with Gasteiger partial charge in [0.15, 0.2) is 0 Å². The van der Waals surface area contributed by atoms with Crippen LogP contribution in [0, 0.1) is 6.92 Å². The SMILES string of the molecule is COc1ccccc1NC(=O)CSCC(=O)Nc1ccccc1C. The lowest BCUT2D eigenvalue weighted by Gasteiger charge is -2.10. The lowest BCUT2D eigenvalue weighted by Crippen LogP contribution is -2.19. The number of para-hydroxylation sites is 3. The first-order valence-electron chi connectivity index (χ1n) is 7.46. The van der Waals surface area contributed by atoms with Crippen molar-refractivity contribution in [2.45, 2.75) is 6.92 Å². The van der Waals surface area contributed by atoms with Crippen LogP contribution in [0.1, 0.15) is 5.56 Å². The Bertz CT molecular complexity index is 719. The van der Waals surface area contributed by atoms with Crippen LogP contribution in [-0.4, -0.2) is 30.4 Å². The van der Waals surface area contributed by atoms with E-state index >= 15 is 0 Å². The minimum Gasteiger partial charge on any atom is -0.495 e. The number of thioether (sulfide) groups is 1. The first-order chi connectivity index (χ1) is 11.6. The molecule has 0 aromatic heterocycles. The van der Waals surface area contributed by atoms with Crippen LogP contribution in [0.2, 0.25) is 0 Å². The van der Waals surface area contributed by atoms with Gasteiger partial charge in [-0.25, -0.2) is 0 Å². The molecular weight excluding hydrogens is 324 g/mol. The summed E-state index contributed by atoms with van der Waals surface area (Å²) in [4.78, 5) is 23.9. The molecule has 2 amide bonds. The molecule has 0 unspecified atom stereocenters. The van der Waals surface area contributed by atoms with E-state index < -0.39 is 0 Å². The molecule has 0 atom stereocenters. The van der Waals surface area contributed by atoms with Gasteiger partial charge in [0.1, 0.15) is 5.75 Å². The number of rotatable bonds is 7. The summed E-state index contributed by atoms with van der Waals surface area (Å²) in [6.45, 7) is 1.93. The minimum absolute atomic E-state index is 0.126. The third-order valence-electron chi connectivity index (χ3n) is 3.27. The highest BCUT2D eigenvalue weighted by Gasteiger charge is 2.09. The van der Waals surface area contributed by atoms with Crippen LogP contribution in [-0.2, 0) is 9.59 Å². The van der Waals surface area contributed by atoms with Gasteiger partial charge in [-0.3, -0.25) is 9.59 Å². The third kappa shape index (κ3) is 5.31. The number of ether oxygens (including phenoxy) is 1. The summed E-state index contributed by atoms with van der Waals surface area (Å²) < 4.78 is 5.18. The number of amides is 2. The summed E-state index contributed by atoms with van der Waals surface area (Å²) in [6, 6.07) is 14.8. The molecule has 0 saturated carbocycles. The molecule has 2 aromatic rings. The van der Waals surface area contributed by atoms with Crippen molar-refractivity contribution in [2.75, 3.05) is 29.2 Å². The number of benzene rings is 2. The fraction of sp³-hybridized carbons (Fsp3) is 0.222. The third-order valence-corrected chi connectivity index (χ3v) is 4.20. The van der Waals surface area contributed by atoms with Crippen molar-refractivity contribution < 1.29 is 14.3 Å². The number of carbonyl (C=O) groups is 2. The van der Waals surface area contributed by atoms with Crippen LogP contribution < -0.4 is 15.4 Å². The largest absolute Gasteiger partial charge is 0.495 e. The van der Waals surface area contributed by atoms with Gasteiger partial charge in [0.05, 0.1) is 24.3 Å². The topological polar surface area (TPSA) is 67.4 Å². The van der Waals surface area contributed by atoms with Gasteiger partial charge in [0.2, 0.25) is 11.8 Å². The maximum absolute atomic E-state index is 12.0. The second kappa shape index (κ2) is 8.98. The molecule has 2 rings (SSSR count). The van der Waals surface area contributed by atoms with E-state index in [9.17, 15) is 9.59 Å². The maximum Gasteiger partial charge on any atom is 0.234 e. The van der Waals surface area contributed by atoms with Crippen molar-refractivity contribution in [2.24, 2.45) is 0 Å². The van der Waals surface area contributed by atoms with E-state index in [-0.39, 0.29) is 23.3 Å². The molecule has 5 nitrogen and oxygen atoms in total. The summed E-state index contributed by atoms with van der Waals surface area (Å²) in [7, 11) is 1.55. The number of carbonyl (C=O) groups excluding carboxylic acids is 2. The van der Waals surface area contributed by atoms with Gasteiger partial charge in [-0.05, 0) is 30.7 Å². The summed E-state index contributed by atoms with van der Waals surface area (Å²) >= 11 is 1.26. The summed E-state index contributed by atoms with van der Waals surface area (Å²) in [5.74, 6) is 0.716. The highest BCUT2D eigenvalue weighted by atomic mass is 32.2. The Kier molecular flexibility index (Phi) is 6.69. The van der Waals surface area contributed by atoms with E-state index in [2.05, 4.69) is 10.6 Å². The standard InChI is InChI=1S/C18H20N2O3S/c1-13-7-3-4-8-14(13)19-17(21)11-24-12-18(22)20-15-9-5-6-10-16(15)23-2/h3-10H,11-12H2,1-2H3,(H,19,21)(H,20,22). The molecular formula is C18H20N2O3S. The quantitative estimate of drug-likeness (QED) is 0.809. The van der Waals surface area contributed by atoms with Crippen LogP contribution in [0.3, 0.4) is 0 Å². The van der Waals surface area contributed by atoms with Crippen LogP contribution >= 0.6 is 11.8 Å². The molecule has 0 bridgehead atoms. The molecule has 0 radical (unpaired) electrons. The molecule has 0 heterocycles. The van der Waals surface area contributed by atoms with Gasteiger partial charge in [-0.1, -0.05) is 30.3 Å². The normalized spacial score (nSPS) is 10.1. The molecule has 2 aromatic carbocycles. The van der Waals surface area contributed by atoms with Crippen LogP contribution in [0.25, 0.3) is 0 Å². The molecule has 0 saturated heterocycles. The Hall–Kier alpha value is -2.47. The highest BCUT2D eigenvalue weighted by molar-refractivity contribution is 8.00. The molecule has 0 aliphatic rings. The summed E-state index contributed by atoms with van der Waals surface area (Å²) in [6.07, 6.45) is 0. The zero-order valence-electron chi connectivity index (χ0n) is 13.7. The molecule has 0 aliphatic heterocycles. The zero-order chi connectivity index (χ0) is 17.4. The molecule has 0 spiro atoms. The van der Waals surface area contributed by atoms with Crippen molar-refractivity contribution in [1.29, 1.82) is 0 Å². The monoisotopic (exact) mass is 344 g/mol. The van der Waals surface area contributed by atoms with E-state index in [1.807, 2.05) is 43.3 Å². The average Bonchev–Trinajstić information content (AvgIpc) is 2.57. The van der Waals surface area contributed by atoms with Gasteiger partial charge >= 0.3 is 0 Å². The number of hydrogen-bond donors (Lipinski definition) is 2. The van der Waals surface area contributed by atoms with E-state index in [1.54, 1.807) is 19.2 Å². The van der Waals surface area contributed by atoms with Crippen LogP contribution in [0.5, 0.6) is 5.75 Å². The Morgan fingerprint density at radius 3 is 2.08 bits per heavy atom. The van der Waals surface area contributed by atoms with E-state index in [0.717, 1.165) is 11.3 Å². The lowest BCUT2D eigenvalue weighted by molar-refractivity contribution is -0.114. The highest BCUT2D eigenvalue weighted by Crippen LogP contribution is 2.23. The Morgan fingerprint density at radius 2 is 1.46 bits per heavy atom. The van der Waals surface area contributed by atoms with Crippen molar-refractivity contribution >= 4 is 35.0 Å². The number of methoxy groups -OCH3 is 1. The fourth-order valence-corrected chi connectivity index (χ4v) is 2.69. The van der Waals surface area contributed by atoms with Crippen molar-refractivity contribution in [1.82, 2.24) is 0 Å². The number of anilines is 2. The predicted octanol–water partition coefficient (Wildman–Crippen LogP) is 3.31. The van der Waals surface area contributed by atoms with Crippen LogP contribution in [0.15, 0.2) is 48.5 Å². The second-order valence-electron chi connectivity index (χ2n) is 5.10. The smallest absolute Gasteiger partial charge is 0.234 e. The fourth-order valence-electron chi connectivity index (χ4n) is 2.07. The van der Waals surface area contributed by atoms with Gasteiger partial charge in [0.25, 0.3) is 0 Å². The van der Waals surface area contributed by atoms with Crippen molar-refractivity contribution in [3.8, 4) is 5.75 Å². The first-order valence-corrected chi connectivity index (χ1v) is 8.61. The first kappa shape index (κ1) is 17.9. The summed E-state index contributed by atoms with van der Waals surface area (Å²) in [5, 5.41) is 5.62. The average molecular weight is 344 g/mol. The Morgan fingerprint density at radius 1 is 0.917 bits per heavy atom. The Balaban J connectivity index is 1.76. The zero-order valence-corrected chi connectivity index (χ0v) is 14.5. The van der Waals surface area contributed by atoms with E-state index in [4.69, 9.17) is 4.74 Å². The Labute approximate surface area is 145 Å². The lowest BCUT2D eigenvalue weighted by atomic mass is 10.2. The molecule has 0 fully saturated rings. The molecule has 24 heavy (non-hydrogen) atoms. The number of hydrogen-bond acceptors (Lipinski definition) is 4. The second-order valence-corrected chi connectivity index (χ2v) is 6.09. The van der Waals surface area contributed by atoms with Gasteiger partial charge in [-0.15, -0.1) is 11.8 Å². The predicted molar refractivity (Wildman–Crippen MR) is 98.8 cm³/mol. The molecule has 0 aliphatic carbocycles. The molecule has 6 heteroatoms. The maximum atomic E-state index is 12.0. The molecule has 126 valence electrons. The number of aryl methyl sites for hydroxylation is 1. The van der Waals surface area contributed by atoms with Gasteiger partial charge in [-0.2, -0.15) is 0 Å². The summed E-state index contributed by atoms with van der Waals surface area (Å²) in [5.41, 5.74) is 2.42. The molecule has 2 N–H and O–H groups in total. The van der Waals surface area contributed by atoms with Crippen LogP contribution in [0.4, 0.5) is 11.4 Å². The van der Waals surface area contributed by atoms with Gasteiger partial charge < -0.3 is 15.4 Å². The minimum atomic E-state index is -0.173. The van der Waals surface area contributed by atoms with Crippen molar-refractivity contribution in [3.63, 3.8) is 0 Å².